The first-order valence-electron chi connectivity index (χ1n) is 6.11. The van der Waals surface area contributed by atoms with Crippen molar-refractivity contribution in [1.29, 1.82) is 0 Å². The zero-order valence-corrected chi connectivity index (χ0v) is 11.1. The molecule has 0 aliphatic carbocycles. The summed E-state index contributed by atoms with van der Waals surface area (Å²) < 4.78 is 5.49. The first-order chi connectivity index (χ1) is 9.49. The van der Waals surface area contributed by atoms with Gasteiger partial charge in [0.2, 0.25) is 5.88 Å². The Morgan fingerprint density at radius 2 is 2.15 bits per heavy atom. The number of carbonyl (C=O) groups is 1. The Morgan fingerprint density at radius 3 is 2.75 bits per heavy atom. The maximum atomic E-state index is 11.4. The minimum absolute atomic E-state index is 0.188. The number of aromatic amines is 1. The normalized spacial score (nSPS) is 10.3. The Hall–Kier alpha value is -2.63. The molecule has 0 aliphatic heterocycles. The summed E-state index contributed by atoms with van der Waals surface area (Å²) >= 11 is 0. The van der Waals surface area contributed by atoms with Crippen molar-refractivity contribution in [2.45, 2.75) is 20.3 Å². The third-order valence-corrected chi connectivity index (χ3v) is 2.75. The average Bonchev–Trinajstić information content (AvgIpc) is 2.37. The number of aryl methyl sites for hydroxylation is 2. The molecule has 2 aromatic rings. The number of hydrogen-bond donors (Lipinski definition) is 2. The molecule has 1 aromatic carbocycles. The molecule has 0 saturated carbocycles. The van der Waals surface area contributed by atoms with Crippen LogP contribution >= 0.6 is 0 Å². The molecule has 6 nitrogen and oxygen atoms in total. The fourth-order valence-electron chi connectivity index (χ4n) is 1.76. The van der Waals surface area contributed by atoms with Gasteiger partial charge >= 0.3 is 5.97 Å². The van der Waals surface area contributed by atoms with E-state index in [2.05, 4.69) is 9.97 Å². The Bertz CT molecular complexity index is 707. The lowest BCUT2D eigenvalue weighted by atomic mass is 10.1. The van der Waals surface area contributed by atoms with Gasteiger partial charge < -0.3 is 14.8 Å². The number of carboxylic acid groups (broad SMARTS) is 1. The molecule has 1 aromatic heterocycles. The molecular formula is C14H14N2O4. The van der Waals surface area contributed by atoms with E-state index in [0.29, 0.717) is 23.6 Å². The van der Waals surface area contributed by atoms with E-state index in [1.54, 1.807) is 13.0 Å². The topological polar surface area (TPSA) is 92.3 Å². The molecule has 104 valence electrons. The van der Waals surface area contributed by atoms with E-state index in [0.717, 1.165) is 0 Å². The number of carboxylic acids is 1. The molecule has 0 amide bonds. The number of benzene rings is 1. The minimum Gasteiger partial charge on any atom is -0.478 e. The number of nitrogens with one attached hydrogen (secondary N) is 1. The van der Waals surface area contributed by atoms with Gasteiger partial charge in [0.15, 0.2) is 0 Å². The summed E-state index contributed by atoms with van der Waals surface area (Å²) in [6, 6.07) is 5.84. The molecule has 0 atom stereocenters. The van der Waals surface area contributed by atoms with E-state index < -0.39 is 5.97 Å². The molecule has 0 bridgehead atoms. The molecule has 0 saturated heterocycles. The Morgan fingerprint density at radius 1 is 1.40 bits per heavy atom. The van der Waals surface area contributed by atoms with E-state index >= 15 is 0 Å². The zero-order chi connectivity index (χ0) is 14.7. The highest BCUT2D eigenvalue weighted by atomic mass is 16.5. The van der Waals surface area contributed by atoms with Crippen molar-refractivity contribution in [3.05, 3.63) is 51.6 Å². The van der Waals surface area contributed by atoms with Crippen LogP contribution in [-0.4, -0.2) is 21.0 Å². The van der Waals surface area contributed by atoms with Crippen molar-refractivity contribution < 1.29 is 14.6 Å². The van der Waals surface area contributed by atoms with Crippen LogP contribution in [0.4, 0.5) is 0 Å². The van der Waals surface area contributed by atoms with E-state index in [1.807, 2.05) is 6.92 Å². The number of nitrogens with zero attached hydrogens (tertiary/aromatic N) is 1. The van der Waals surface area contributed by atoms with Gasteiger partial charge in [-0.05, 0) is 30.7 Å². The molecule has 2 rings (SSSR count). The predicted molar refractivity (Wildman–Crippen MR) is 72.4 cm³/mol. The summed E-state index contributed by atoms with van der Waals surface area (Å²) in [5, 5.41) is 8.95. The van der Waals surface area contributed by atoms with Gasteiger partial charge in [0, 0.05) is 6.42 Å². The van der Waals surface area contributed by atoms with Gasteiger partial charge in [-0.3, -0.25) is 4.79 Å². The molecular weight excluding hydrogens is 260 g/mol. The predicted octanol–water partition coefficient (Wildman–Crippen LogP) is 2.13. The minimum atomic E-state index is -0.989. The quantitative estimate of drug-likeness (QED) is 0.891. The molecule has 0 aliphatic rings. The first-order valence-corrected chi connectivity index (χ1v) is 6.11. The van der Waals surface area contributed by atoms with E-state index in [1.165, 1.54) is 18.2 Å². The number of H-pyrrole nitrogens is 1. The SMILES string of the molecule is CCc1nc(Oc2ccc(C(=O)O)c(C)c2)cc(=O)[nH]1. The first kappa shape index (κ1) is 13.8. The third-order valence-electron chi connectivity index (χ3n) is 2.75. The van der Waals surface area contributed by atoms with Crippen molar-refractivity contribution >= 4 is 5.97 Å². The van der Waals surface area contributed by atoms with Crippen LogP contribution in [0.1, 0.15) is 28.7 Å². The molecule has 0 unspecified atom stereocenters. The number of hydrogen-bond acceptors (Lipinski definition) is 4. The molecule has 20 heavy (non-hydrogen) atoms. The van der Waals surface area contributed by atoms with Gasteiger partial charge in [0.1, 0.15) is 11.6 Å². The molecule has 1 heterocycles. The number of ether oxygens (including phenoxy) is 1. The van der Waals surface area contributed by atoms with Crippen LogP contribution in [0.3, 0.4) is 0 Å². The second-order valence-electron chi connectivity index (χ2n) is 4.27. The van der Waals surface area contributed by atoms with Gasteiger partial charge in [-0.25, -0.2) is 4.79 Å². The van der Waals surface area contributed by atoms with Gasteiger partial charge in [0.05, 0.1) is 11.6 Å². The smallest absolute Gasteiger partial charge is 0.335 e. The maximum Gasteiger partial charge on any atom is 0.335 e. The molecule has 0 fully saturated rings. The monoisotopic (exact) mass is 274 g/mol. The van der Waals surface area contributed by atoms with Crippen LogP contribution in [0.25, 0.3) is 0 Å². The van der Waals surface area contributed by atoms with Crippen molar-refractivity contribution in [1.82, 2.24) is 9.97 Å². The van der Waals surface area contributed by atoms with Crippen molar-refractivity contribution in [3.8, 4) is 11.6 Å². The lowest BCUT2D eigenvalue weighted by molar-refractivity contribution is 0.0696. The Balaban J connectivity index is 2.30. The van der Waals surface area contributed by atoms with Crippen LogP contribution in [-0.2, 0) is 6.42 Å². The highest BCUT2D eigenvalue weighted by Gasteiger charge is 2.09. The lowest BCUT2D eigenvalue weighted by Gasteiger charge is -2.07. The van der Waals surface area contributed by atoms with E-state index in [-0.39, 0.29) is 17.0 Å². The van der Waals surface area contributed by atoms with Crippen LogP contribution < -0.4 is 10.3 Å². The van der Waals surface area contributed by atoms with Crippen LogP contribution in [0.2, 0.25) is 0 Å². The second kappa shape index (κ2) is 5.56. The van der Waals surface area contributed by atoms with Gasteiger partial charge in [-0.1, -0.05) is 6.92 Å². The third kappa shape index (κ3) is 3.03. The van der Waals surface area contributed by atoms with E-state index in [9.17, 15) is 9.59 Å². The van der Waals surface area contributed by atoms with Gasteiger partial charge in [-0.15, -0.1) is 0 Å². The Kier molecular flexibility index (Phi) is 3.84. The number of rotatable bonds is 4. The highest BCUT2D eigenvalue weighted by Crippen LogP contribution is 2.21. The largest absolute Gasteiger partial charge is 0.478 e. The van der Waals surface area contributed by atoms with Crippen LogP contribution in [0, 0.1) is 6.92 Å². The number of aromatic nitrogens is 2. The second-order valence-corrected chi connectivity index (χ2v) is 4.27. The van der Waals surface area contributed by atoms with Gasteiger partial charge in [0.25, 0.3) is 5.56 Å². The number of aromatic carboxylic acids is 1. The summed E-state index contributed by atoms with van der Waals surface area (Å²) in [4.78, 5) is 29.1. The van der Waals surface area contributed by atoms with Gasteiger partial charge in [-0.2, -0.15) is 4.98 Å². The maximum absolute atomic E-state index is 11.4. The summed E-state index contributed by atoms with van der Waals surface area (Å²) in [7, 11) is 0. The average molecular weight is 274 g/mol. The van der Waals surface area contributed by atoms with Crippen LogP contribution in [0.5, 0.6) is 11.6 Å². The summed E-state index contributed by atoms with van der Waals surface area (Å²) in [5.74, 6) is 0.170. The standard InChI is InChI=1S/C14H14N2O4/c1-3-11-15-12(17)7-13(16-11)20-9-4-5-10(14(18)19)8(2)6-9/h4-7H,3H2,1-2H3,(H,18,19)(H,15,16,17). The molecule has 0 spiro atoms. The van der Waals surface area contributed by atoms with Crippen molar-refractivity contribution in [2.24, 2.45) is 0 Å². The lowest BCUT2D eigenvalue weighted by Crippen LogP contribution is -2.10. The van der Waals surface area contributed by atoms with Crippen LogP contribution in [0.15, 0.2) is 29.1 Å². The summed E-state index contributed by atoms with van der Waals surface area (Å²) in [6.07, 6.45) is 0.587. The zero-order valence-electron chi connectivity index (χ0n) is 11.1. The summed E-state index contributed by atoms with van der Waals surface area (Å²) in [6.45, 7) is 3.55. The fourth-order valence-corrected chi connectivity index (χ4v) is 1.76. The fraction of sp³-hybridized carbons (Fsp3) is 0.214. The highest BCUT2D eigenvalue weighted by molar-refractivity contribution is 5.89. The molecule has 0 radical (unpaired) electrons. The molecule has 6 heteroatoms. The summed E-state index contributed by atoms with van der Waals surface area (Å²) in [5.41, 5.74) is 0.506. The van der Waals surface area contributed by atoms with Crippen molar-refractivity contribution in [3.63, 3.8) is 0 Å². The Labute approximate surface area is 115 Å². The molecule has 2 N–H and O–H groups in total. The van der Waals surface area contributed by atoms with E-state index in [4.69, 9.17) is 9.84 Å². The van der Waals surface area contributed by atoms with Crippen molar-refractivity contribution in [2.75, 3.05) is 0 Å².